The summed E-state index contributed by atoms with van der Waals surface area (Å²) in [6.07, 6.45) is -4.38. The van der Waals surface area contributed by atoms with Crippen LogP contribution in [0.2, 0.25) is 0 Å². The summed E-state index contributed by atoms with van der Waals surface area (Å²) >= 11 is 0. The maximum Gasteiger partial charge on any atom is 0.416 e. The van der Waals surface area contributed by atoms with E-state index in [4.69, 9.17) is 5.26 Å². The molecule has 1 aromatic carbocycles. The summed E-state index contributed by atoms with van der Waals surface area (Å²) in [7, 11) is 3.19. The van der Waals surface area contributed by atoms with Crippen LogP contribution in [0.25, 0.3) is 0 Å². The van der Waals surface area contributed by atoms with E-state index in [1.54, 1.807) is 14.1 Å². The Morgan fingerprint density at radius 3 is 2.27 bits per heavy atom. The minimum atomic E-state index is -4.38. The molecule has 0 aliphatic rings. The number of benzene rings is 1. The minimum Gasteiger partial charge on any atom is -0.377 e. The molecular formula is C10H9F3N2. The van der Waals surface area contributed by atoms with Crippen LogP contribution in [0.5, 0.6) is 0 Å². The van der Waals surface area contributed by atoms with Crippen molar-refractivity contribution in [1.82, 2.24) is 0 Å². The Bertz CT molecular complexity index is 402. The van der Waals surface area contributed by atoms with E-state index in [9.17, 15) is 13.2 Å². The van der Waals surface area contributed by atoms with Crippen molar-refractivity contribution in [3.63, 3.8) is 0 Å². The maximum absolute atomic E-state index is 12.4. The van der Waals surface area contributed by atoms with Crippen LogP contribution >= 0.6 is 0 Å². The highest BCUT2D eigenvalue weighted by Crippen LogP contribution is 2.32. The Labute approximate surface area is 85.5 Å². The standard InChI is InChI=1S/C10H9F3N2/c1-15(2)9-5-8(10(11,12)13)4-3-7(9)6-14/h3-5H,1-2H3. The van der Waals surface area contributed by atoms with Gasteiger partial charge in [-0.2, -0.15) is 18.4 Å². The average molecular weight is 214 g/mol. The summed E-state index contributed by atoms with van der Waals surface area (Å²) in [4.78, 5) is 1.48. The van der Waals surface area contributed by atoms with Gasteiger partial charge < -0.3 is 4.90 Å². The molecule has 15 heavy (non-hydrogen) atoms. The second-order valence-corrected chi connectivity index (χ2v) is 3.24. The van der Waals surface area contributed by atoms with Gasteiger partial charge >= 0.3 is 6.18 Å². The van der Waals surface area contributed by atoms with Crippen molar-refractivity contribution < 1.29 is 13.2 Å². The van der Waals surface area contributed by atoms with Crippen LogP contribution in [-0.4, -0.2) is 14.1 Å². The highest BCUT2D eigenvalue weighted by Gasteiger charge is 2.31. The van der Waals surface area contributed by atoms with E-state index in [1.165, 1.54) is 11.0 Å². The van der Waals surface area contributed by atoms with Crippen LogP contribution in [0.3, 0.4) is 0 Å². The summed E-state index contributed by atoms with van der Waals surface area (Å²) in [5, 5.41) is 8.70. The fourth-order valence-electron chi connectivity index (χ4n) is 1.17. The first kappa shape index (κ1) is 11.4. The van der Waals surface area contributed by atoms with Crippen LogP contribution in [0.15, 0.2) is 18.2 Å². The Morgan fingerprint density at radius 2 is 1.87 bits per heavy atom. The Kier molecular flexibility index (Phi) is 2.89. The molecule has 0 aliphatic heterocycles. The SMILES string of the molecule is CN(C)c1cc(C(F)(F)F)ccc1C#N. The second-order valence-electron chi connectivity index (χ2n) is 3.24. The predicted octanol–water partition coefficient (Wildman–Crippen LogP) is 2.64. The van der Waals surface area contributed by atoms with Gasteiger partial charge in [-0.05, 0) is 18.2 Å². The lowest BCUT2D eigenvalue weighted by atomic mass is 10.1. The molecule has 1 rings (SSSR count). The number of hydrogen-bond acceptors (Lipinski definition) is 2. The van der Waals surface area contributed by atoms with Crippen molar-refractivity contribution in [1.29, 1.82) is 5.26 Å². The molecule has 0 aromatic heterocycles. The summed E-state index contributed by atoms with van der Waals surface area (Å²) in [6.45, 7) is 0. The van der Waals surface area contributed by atoms with Crippen molar-refractivity contribution in [3.8, 4) is 6.07 Å². The first-order valence-electron chi connectivity index (χ1n) is 4.15. The Hall–Kier alpha value is -1.70. The van der Waals surface area contributed by atoms with E-state index in [0.717, 1.165) is 12.1 Å². The number of rotatable bonds is 1. The van der Waals surface area contributed by atoms with Gasteiger partial charge in [-0.3, -0.25) is 0 Å². The number of nitrogens with zero attached hydrogens (tertiary/aromatic N) is 2. The number of hydrogen-bond donors (Lipinski definition) is 0. The predicted molar refractivity (Wildman–Crippen MR) is 50.5 cm³/mol. The molecule has 0 bridgehead atoms. The maximum atomic E-state index is 12.4. The van der Waals surface area contributed by atoms with E-state index < -0.39 is 11.7 Å². The summed E-state index contributed by atoms with van der Waals surface area (Å²) in [6, 6.07) is 4.90. The minimum absolute atomic E-state index is 0.230. The molecule has 0 saturated carbocycles. The fourth-order valence-corrected chi connectivity index (χ4v) is 1.17. The second kappa shape index (κ2) is 3.81. The van der Waals surface area contributed by atoms with Gasteiger partial charge in [0, 0.05) is 14.1 Å². The van der Waals surface area contributed by atoms with Crippen LogP contribution in [0, 0.1) is 11.3 Å². The molecule has 0 aliphatic carbocycles. The quantitative estimate of drug-likeness (QED) is 0.718. The van der Waals surface area contributed by atoms with Gasteiger partial charge in [0.15, 0.2) is 0 Å². The highest BCUT2D eigenvalue weighted by atomic mass is 19.4. The molecule has 80 valence electrons. The molecule has 0 atom stereocenters. The molecule has 0 unspecified atom stereocenters. The van der Waals surface area contributed by atoms with Gasteiger partial charge in [0.25, 0.3) is 0 Å². The molecule has 0 amide bonds. The molecular weight excluding hydrogens is 205 g/mol. The zero-order chi connectivity index (χ0) is 11.6. The summed E-state index contributed by atoms with van der Waals surface area (Å²) in [5.74, 6) is 0. The van der Waals surface area contributed by atoms with Gasteiger partial charge in [0.05, 0.1) is 16.8 Å². The third kappa shape index (κ3) is 2.40. The molecule has 0 N–H and O–H groups in total. The number of alkyl halides is 3. The lowest BCUT2D eigenvalue weighted by molar-refractivity contribution is -0.137. The zero-order valence-electron chi connectivity index (χ0n) is 8.26. The van der Waals surface area contributed by atoms with Gasteiger partial charge in [-0.15, -0.1) is 0 Å². The van der Waals surface area contributed by atoms with Crippen molar-refractivity contribution in [2.45, 2.75) is 6.18 Å². The Balaban J connectivity index is 3.30. The van der Waals surface area contributed by atoms with Crippen LogP contribution < -0.4 is 4.90 Å². The summed E-state index contributed by atoms with van der Waals surface area (Å²) < 4.78 is 37.1. The molecule has 0 saturated heterocycles. The number of nitriles is 1. The van der Waals surface area contributed by atoms with Crippen molar-refractivity contribution in [2.75, 3.05) is 19.0 Å². The highest BCUT2D eigenvalue weighted by molar-refractivity contribution is 5.60. The first-order valence-corrected chi connectivity index (χ1v) is 4.15. The normalized spacial score (nSPS) is 10.9. The molecule has 0 heterocycles. The Morgan fingerprint density at radius 1 is 1.27 bits per heavy atom. The molecule has 5 heteroatoms. The molecule has 0 fully saturated rings. The van der Waals surface area contributed by atoms with Gasteiger partial charge in [0.2, 0.25) is 0 Å². The van der Waals surface area contributed by atoms with Crippen LogP contribution in [0.4, 0.5) is 18.9 Å². The number of anilines is 1. The molecule has 2 nitrogen and oxygen atoms in total. The third-order valence-electron chi connectivity index (χ3n) is 1.93. The van der Waals surface area contributed by atoms with Crippen LogP contribution in [0.1, 0.15) is 11.1 Å². The molecule has 0 radical (unpaired) electrons. The lowest BCUT2D eigenvalue weighted by Crippen LogP contribution is -2.13. The van der Waals surface area contributed by atoms with Gasteiger partial charge in [-0.25, -0.2) is 0 Å². The smallest absolute Gasteiger partial charge is 0.377 e. The van der Waals surface area contributed by atoms with Crippen molar-refractivity contribution >= 4 is 5.69 Å². The zero-order valence-corrected chi connectivity index (χ0v) is 8.26. The van der Waals surface area contributed by atoms with Gasteiger partial charge in [0.1, 0.15) is 6.07 Å². The van der Waals surface area contributed by atoms with Crippen molar-refractivity contribution in [2.24, 2.45) is 0 Å². The molecule has 1 aromatic rings. The van der Waals surface area contributed by atoms with E-state index >= 15 is 0 Å². The summed E-state index contributed by atoms with van der Waals surface area (Å²) in [5.41, 5.74) is -0.245. The van der Waals surface area contributed by atoms with E-state index in [-0.39, 0.29) is 11.3 Å². The first-order chi connectivity index (χ1) is 6.86. The monoisotopic (exact) mass is 214 g/mol. The molecule has 0 spiro atoms. The fraction of sp³-hybridized carbons (Fsp3) is 0.300. The largest absolute Gasteiger partial charge is 0.416 e. The van der Waals surface area contributed by atoms with Crippen LogP contribution in [-0.2, 0) is 6.18 Å². The van der Waals surface area contributed by atoms with E-state index in [0.29, 0.717) is 0 Å². The third-order valence-corrected chi connectivity index (χ3v) is 1.93. The van der Waals surface area contributed by atoms with Gasteiger partial charge in [-0.1, -0.05) is 0 Å². The number of halogens is 3. The topological polar surface area (TPSA) is 27.0 Å². The van der Waals surface area contributed by atoms with Crippen molar-refractivity contribution in [3.05, 3.63) is 29.3 Å². The lowest BCUT2D eigenvalue weighted by Gasteiger charge is -2.16. The van der Waals surface area contributed by atoms with E-state index in [1.807, 2.05) is 6.07 Å². The van der Waals surface area contributed by atoms with E-state index in [2.05, 4.69) is 0 Å². The average Bonchev–Trinajstić information content (AvgIpc) is 2.15.